The molecular weight excluding hydrogens is 218 g/mol. The Balaban J connectivity index is 2.33. The average Bonchev–Trinajstić information content (AvgIpc) is 2.95. The van der Waals surface area contributed by atoms with Crippen LogP contribution >= 0.6 is 0 Å². The van der Waals surface area contributed by atoms with Crippen molar-refractivity contribution < 1.29 is 23.0 Å². The molecule has 1 fully saturated rings. The van der Waals surface area contributed by atoms with E-state index in [1.54, 1.807) is 0 Å². The van der Waals surface area contributed by atoms with Gasteiger partial charge >= 0.3 is 5.97 Å². The Kier molecular flexibility index (Phi) is 2.42. The van der Waals surface area contributed by atoms with E-state index in [-0.39, 0.29) is 5.56 Å². The van der Waals surface area contributed by atoms with Crippen LogP contribution in [0.3, 0.4) is 0 Å². The van der Waals surface area contributed by atoms with E-state index in [0.717, 1.165) is 6.07 Å². The molecule has 0 saturated carbocycles. The van der Waals surface area contributed by atoms with Gasteiger partial charge in [-0.2, -0.15) is 0 Å². The van der Waals surface area contributed by atoms with Crippen LogP contribution in [-0.4, -0.2) is 19.2 Å². The summed E-state index contributed by atoms with van der Waals surface area (Å²) < 4.78 is 36.1. The molecule has 2 unspecified atom stereocenters. The normalized spacial score (nSPS) is 27.6. The lowest BCUT2D eigenvalue weighted by Crippen LogP contribution is -2.19. The van der Waals surface area contributed by atoms with Crippen molar-refractivity contribution >= 4 is 5.97 Å². The smallest absolute Gasteiger partial charge is 0.338 e. The highest BCUT2D eigenvalue weighted by Crippen LogP contribution is 2.47. The summed E-state index contributed by atoms with van der Waals surface area (Å²) in [5, 5.41) is 0. The second-order valence-electron chi connectivity index (χ2n) is 3.73. The lowest BCUT2D eigenvalue weighted by molar-refractivity contribution is -0.142. The fourth-order valence-electron chi connectivity index (χ4n) is 1.68. The van der Waals surface area contributed by atoms with Crippen LogP contribution in [0.5, 0.6) is 0 Å². The highest BCUT2D eigenvalue weighted by Gasteiger charge is 2.60. The van der Waals surface area contributed by atoms with Gasteiger partial charge in [-0.1, -0.05) is 12.1 Å². The van der Waals surface area contributed by atoms with Gasteiger partial charge in [0.25, 0.3) is 0 Å². The number of methoxy groups -OCH3 is 1. The minimum atomic E-state index is -1.13. The molecule has 1 aromatic carbocycles. The Hall–Kier alpha value is -1.49. The maximum absolute atomic E-state index is 13.5. The third kappa shape index (κ3) is 1.48. The van der Waals surface area contributed by atoms with E-state index in [0.29, 0.717) is 0 Å². The Bertz CT molecular complexity index is 447. The quantitative estimate of drug-likeness (QED) is 0.571. The number of hydrogen-bond acceptors (Lipinski definition) is 3. The number of esters is 1. The summed E-state index contributed by atoms with van der Waals surface area (Å²) in [5.41, 5.74) is -1.10. The molecule has 1 aliphatic rings. The van der Waals surface area contributed by atoms with Crippen LogP contribution in [-0.2, 0) is 19.9 Å². The Morgan fingerprint density at radius 2 is 2.19 bits per heavy atom. The molecular formula is C11H10F2O3. The van der Waals surface area contributed by atoms with Gasteiger partial charge in [0.15, 0.2) is 17.7 Å². The van der Waals surface area contributed by atoms with Gasteiger partial charge in [-0.15, -0.1) is 0 Å². The fourth-order valence-corrected chi connectivity index (χ4v) is 1.68. The van der Waals surface area contributed by atoms with Crippen molar-refractivity contribution in [3.63, 3.8) is 0 Å². The molecule has 0 aromatic heterocycles. The third-order valence-corrected chi connectivity index (χ3v) is 2.71. The van der Waals surface area contributed by atoms with Crippen molar-refractivity contribution in [3.8, 4) is 0 Å². The molecule has 2 rings (SSSR count). The average molecular weight is 228 g/mol. The number of halogens is 2. The molecule has 0 amide bonds. The first-order valence-electron chi connectivity index (χ1n) is 4.71. The van der Waals surface area contributed by atoms with Crippen LogP contribution in [0.2, 0.25) is 0 Å². The van der Waals surface area contributed by atoms with Crippen LogP contribution in [0.15, 0.2) is 18.2 Å². The molecule has 1 aromatic rings. The Morgan fingerprint density at radius 1 is 1.50 bits per heavy atom. The second-order valence-corrected chi connectivity index (χ2v) is 3.73. The Morgan fingerprint density at radius 3 is 2.81 bits per heavy atom. The largest absolute Gasteiger partial charge is 0.467 e. The van der Waals surface area contributed by atoms with E-state index in [4.69, 9.17) is 4.74 Å². The summed E-state index contributed by atoms with van der Waals surface area (Å²) in [4.78, 5) is 11.2. The summed E-state index contributed by atoms with van der Waals surface area (Å²) in [6.45, 7) is 1.52. The zero-order chi connectivity index (χ0) is 11.9. The monoisotopic (exact) mass is 228 g/mol. The topological polar surface area (TPSA) is 38.8 Å². The van der Waals surface area contributed by atoms with Gasteiger partial charge in [0.05, 0.1) is 7.11 Å². The molecule has 86 valence electrons. The predicted octanol–water partition coefficient (Wildman–Crippen LogP) is 1.75. The van der Waals surface area contributed by atoms with Crippen molar-refractivity contribution in [3.05, 3.63) is 35.4 Å². The molecule has 3 nitrogen and oxygen atoms in total. The highest BCUT2D eigenvalue weighted by molar-refractivity contribution is 5.79. The van der Waals surface area contributed by atoms with E-state index >= 15 is 0 Å². The summed E-state index contributed by atoms with van der Waals surface area (Å²) in [6, 6.07) is 3.77. The fraction of sp³-hybridized carbons (Fsp3) is 0.364. The van der Waals surface area contributed by atoms with E-state index in [2.05, 4.69) is 4.74 Å². The SMILES string of the molecule is COC(=O)C1OC1(C)c1cccc(F)c1F. The lowest BCUT2D eigenvalue weighted by atomic mass is 9.96. The molecule has 0 bridgehead atoms. The minimum absolute atomic E-state index is 0.0305. The van der Waals surface area contributed by atoms with Crippen LogP contribution in [0.4, 0.5) is 8.78 Å². The standard InChI is InChI=1S/C11H10F2O3/c1-11(9(16-11)10(14)15-2)6-4-3-5-7(12)8(6)13/h3-5,9H,1-2H3. The summed E-state index contributed by atoms with van der Waals surface area (Å²) in [5.74, 6) is -2.54. The Labute approximate surface area is 91.0 Å². The zero-order valence-electron chi connectivity index (χ0n) is 8.79. The summed E-state index contributed by atoms with van der Waals surface area (Å²) >= 11 is 0. The highest BCUT2D eigenvalue weighted by atomic mass is 19.2. The first-order valence-corrected chi connectivity index (χ1v) is 4.71. The van der Waals surface area contributed by atoms with Crippen molar-refractivity contribution in [1.82, 2.24) is 0 Å². The number of carbonyl (C=O) groups excluding carboxylic acids is 1. The van der Waals surface area contributed by atoms with Gasteiger partial charge in [0.1, 0.15) is 5.60 Å². The minimum Gasteiger partial charge on any atom is -0.467 e. The van der Waals surface area contributed by atoms with E-state index in [9.17, 15) is 13.6 Å². The molecule has 2 atom stereocenters. The van der Waals surface area contributed by atoms with Crippen molar-refractivity contribution in [1.29, 1.82) is 0 Å². The van der Waals surface area contributed by atoms with Gasteiger partial charge in [-0.3, -0.25) is 0 Å². The predicted molar refractivity (Wildman–Crippen MR) is 50.6 cm³/mol. The van der Waals surface area contributed by atoms with Crippen molar-refractivity contribution in [2.24, 2.45) is 0 Å². The van der Waals surface area contributed by atoms with Crippen molar-refractivity contribution in [2.45, 2.75) is 18.6 Å². The number of rotatable bonds is 2. The molecule has 0 N–H and O–H groups in total. The summed E-state index contributed by atoms with van der Waals surface area (Å²) in [7, 11) is 1.21. The van der Waals surface area contributed by atoms with E-state index in [1.165, 1.54) is 26.2 Å². The molecule has 5 heteroatoms. The number of carbonyl (C=O) groups is 1. The number of ether oxygens (including phenoxy) is 2. The van der Waals surface area contributed by atoms with E-state index < -0.39 is 29.3 Å². The van der Waals surface area contributed by atoms with Gasteiger partial charge in [0.2, 0.25) is 0 Å². The van der Waals surface area contributed by atoms with Crippen LogP contribution in [0.1, 0.15) is 12.5 Å². The summed E-state index contributed by atoms with van der Waals surface area (Å²) in [6.07, 6.45) is -0.867. The number of hydrogen-bond donors (Lipinski definition) is 0. The molecule has 1 heterocycles. The first-order chi connectivity index (χ1) is 7.50. The van der Waals surface area contributed by atoms with Crippen LogP contribution < -0.4 is 0 Å². The molecule has 1 saturated heterocycles. The lowest BCUT2D eigenvalue weighted by Gasteiger charge is -2.08. The first kappa shape index (κ1) is 11.0. The number of benzene rings is 1. The zero-order valence-corrected chi connectivity index (χ0v) is 8.79. The molecule has 16 heavy (non-hydrogen) atoms. The van der Waals surface area contributed by atoms with Gasteiger partial charge < -0.3 is 9.47 Å². The maximum atomic E-state index is 13.5. The molecule has 0 aliphatic carbocycles. The molecule has 0 spiro atoms. The molecule has 1 aliphatic heterocycles. The van der Waals surface area contributed by atoms with Gasteiger partial charge in [0, 0.05) is 5.56 Å². The van der Waals surface area contributed by atoms with Crippen LogP contribution in [0.25, 0.3) is 0 Å². The van der Waals surface area contributed by atoms with Crippen LogP contribution in [0, 0.1) is 11.6 Å². The third-order valence-electron chi connectivity index (χ3n) is 2.71. The van der Waals surface area contributed by atoms with Crippen molar-refractivity contribution in [2.75, 3.05) is 7.11 Å². The second kappa shape index (κ2) is 3.52. The molecule has 0 radical (unpaired) electrons. The van der Waals surface area contributed by atoms with E-state index in [1.807, 2.05) is 0 Å². The van der Waals surface area contributed by atoms with Gasteiger partial charge in [-0.25, -0.2) is 13.6 Å². The van der Waals surface area contributed by atoms with Gasteiger partial charge in [-0.05, 0) is 13.0 Å². The number of epoxide rings is 1. The maximum Gasteiger partial charge on any atom is 0.338 e.